The standard InChI is InChI=1S/C25H36N2O7/c1-3-4-5-6-7-8-9-12-15-22(16-13-10-11-14-17-25(28)33-2)34-24-19-18-21(26(29)30)20-23(24)27(31)32/h7-8,12,15,18-20,22H,3-6,9-11,13-14,16-17H2,1-2H3/b8-7-,15-12-. The minimum Gasteiger partial charge on any atom is -0.479 e. The van der Waals surface area contributed by atoms with Gasteiger partial charge >= 0.3 is 11.7 Å². The Balaban J connectivity index is 2.76. The Hall–Kier alpha value is -3.23. The minimum absolute atomic E-state index is 0.00560. The zero-order valence-electron chi connectivity index (χ0n) is 20.1. The van der Waals surface area contributed by atoms with Crippen LogP contribution >= 0.6 is 0 Å². The highest BCUT2D eigenvalue weighted by atomic mass is 16.6. The molecule has 0 heterocycles. The van der Waals surface area contributed by atoms with Crippen molar-refractivity contribution in [3.05, 3.63) is 62.7 Å². The number of non-ortho nitro benzene ring substituents is 1. The molecule has 1 aromatic carbocycles. The number of nitrogens with zero attached hydrogens (tertiary/aromatic N) is 2. The van der Waals surface area contributed by atoms with E-state index in [1.54, 1.807) is 0 Å². The molecule has 1 rings (SSSR count). The molecule has 0 amide bonds. The Morgan fingerprint density at radius 2 is 1.76 bits per heavy atom. The fourth-order valence-corrected chi connectivity index (χ4v) is 3.32. The number of unbranched alkanes of at least 4 members (excludes halogenated alkanes) is 6. The van der Waals surface area contributed by atoms with E-state index in [0.717, 1.165) is 44.6 Å². The van der Waals surface area contributed by atoms with Gasteiger partial charge in [-0.1, -0.05) is 50.8 Å². The summed E-state index contributed by atoms with van der Waals surface area (Å²) in [5.74, 6) is -0.219. The first-order valence-electron chi connectivity index (χ1n) is 11.9. The van der Waals surface area contributed by atoms with Gasteiger partial charge in [-0.15, -0.1) is 0 Å². The number of allylic oxidation sites excluding steroid dienone is 3. The predicted octanol–water partition coefficient (Wildman–Crippen LogP) is 6.85. The highest BCUT2D eigenvalue weighted by molar-refractivity contribution is 5.68. The first-order valence-corrected chi connectivity index (χ1v) is 11.9. The molecule has 0 bridgehead atoms. The number of hydrogen-bond acceptors (Lipinski definition) is 7. The van der Waals surface area contributed by atoms with Crippen LogP contribution in [0.15, 0.2) is 42.5 Å². The van der Waals surface area contributed by atoms with Crippen LogP contribution in [0.4, 0.5) is 11.4 Å². The Morgan fingerprint density at radius 3 is 2.44 bits per heavy atom. The molecule has 0 radical (unpaired) electrons. The number of benzene rings is 1. The molecule has 0 saturated carbocycles. The fraction of sp³-hybridized carbons (Fsp3) is 0.560. The fourth-order valence-electron chi connectivity index (χ4n) is 3.32. The average Bonchev–Trinajstić information content (AvgIpc) is 2.82. The Bertz CT molecular complexity index is 837. The number of carbonyl (C=O) groups excluding carboxylic acids is 1. The summed E-state index contributed by atoms with van der Waals surface area (Å²) in [7, 11) is 1.37. The topological polar surface area (TPSA) is 122 Å². The van der Waals surface area contributed by atoms with Crippen molar-refractivity contribution in [3.8, 4) is 5.75 Å². The largest absolute Gasteiger partial charge is 0.479 e. The van der Waals surface area contributed by atoms with E-state index in [1.165, 1.54) is 38.5 Å². The van der Waals surface area contributed by atoms with Crippen molar-refractivity contribution in [1.82, 2.24) is 0 Å². The number of nitro groups is 2. The van der Waals surface area contributed by atoms with Crippen LogP contribution in [0.1, 0.15) is 77.6 Å². The van der Waals surface area contributed by atoms with Crippen molar-refractivity contribution in [1.29, 1.82) is 0 Å². The van der Waals surface area contributed by atoms with E-state index in [1.807, 2.05) is 12.2 Å². The SMILES string of the molecule is CCCCC/C=C\C/C=C\C(CCCCCCC(=O)OC)Oc1ccc([N+](=O)[O-])cc1[N+](=O)[O-]. The van der Waals surface area contributed by atoms with Crippen molar-refractivity contribution in [2.24, 2.45) is 0 Å². The Labute approximate surface area is 201 Å². The lowest BCUT2D eigenvalue weighted by atomic mass is 10.1. The molecule has 1 aromatic rings. The van der Waals surface area contributed by atoms with Gasteiger partial charge in [0, 0.05) is 12.5 Å². The average molecular weight is 477 g/mol. The van der Waals surface area contributed by atoms with E-state index in [-0.39, 0.29) is 17.4 Å². The maximum absolute atomic E-state index is 11.4. The normalized spacial score (nSPS) is 12.2. The van der Waals surface area contributed by atoms with Crippen molar-refractivity contribution >= 4 is 17.3 Å². The maximum atomic E-state index is 11.4. The number of methoxy groups -OCH3 is 1. The summed E-state index contributed by atoms with van der Waals surface area (Å²) in [6, 6.07) is 3.40. The molecular weight excluding hydrogens is 440 g/mol. The molecule has 0 spiro atoms. The van der Waals surface area contributed by atoms with E-state index in [2.05, 4.69) is 23.8 Å². The molecule has 0 saturated heterocycles. The lowest BCUT2D eigenvalue weighted by molar-refractivity contribution is -0.394. The second kappa shape index (κ2) is 17.3. The van der Waals surface area contributed by atoms with Gasteiger partial charge < -0.3 is 9.47 Å². The van der Waals surface area contributed by atoms with Crippen LogP contribution < -0.4 is 4.74 Å². The third kappa shape index (κ3) is 12.1. The number of nitro benzene ring substituents is 2. The third-order valence-corrected chi connectivity index (χ3v) is 5.24. The molecule has 188 valence electrons. The molecule has 0 aliphatic rings. The van der Waals surface area contributed by atoms with Crippen LogP contribution in [0.25, 0.3) is 0 Å². The molecule has 34 heavy (non-hydrogen) atoms. The molecule has 1 unspecified atom stereocenters. The molecule has 0 aliphatic carbocycles. The molecule has 9 nitrogen and oxygen atoms in total. The Kier molecular flexibility index (Phi) is 14.6. The van der Waals surface area contributed by atoms with Gasteiger partial charge in [0.15, 0.2) is 5.75 Å². The van der Waals surface area contributed by atoms with Gasteiger partial charge in [-0.25, -0.2) is 0 Å². The van der Waals surface area contributed by atoms with Gasteiger partial charge in [0.1, 0.15) is 6.10 Å². The summed E-state index contributed by atoms with van der Waals surface area (Å²) in [6.45, 7) is 2.17. The maximum Gasteiger partial charge on any atom is 0.317 e. The van der Waals surface area contributed by atoms with Gasteiger partial charge in [0.2, 0.25) is 0 Å². The van der Waals surface area contributed by atoms with Crippen molar-refractivity contribution in [2.45, 2.75) is 83.7 Å². The second-order valence-corrected chi connectivity index (χ2v) is 7.98. The summed E-state index contributed by atoms with van der Waals surface area (Å²) in [6.07, 6.45) is 17.3. The second-order valence-electron chi connectivity index (χ2n) is 7.98. The molecule has 0 aromatic heterocycles. The lowest BCUT2D eigenvalue weighted by Crippen LogP contribution is -2.14. The van der Waals surface area contributed by atoms with Crippen molar-refractivity contribution in [2.75, 3.05) is 7.11 Å². The van der Waals surface area contributed by atoms with Gasteiger partial charge in [-0.2, -0.15) is 0 Å². The van der Waals surface area contributed by atoms with Crippen LogP contribution in [-0.4, -0.2) is 29.0 Å². The quantitative estimate of drug-likeness (QED) is 0.0746. The number of esters is 1. The number of rotatable bonds is 18. The zero-order chi connectivity index (χ0) is 25.2. The van der Waals surface area contributed by atoms with E-state index in [9.17, 15) is 25.0 Å². The number of ether oxygens (including phenoxy) is 2. The van der Waals surface area contributed by atoms with Crippen LogP contribution in [0.3, 0.4) is 0 Å². The van der Waals surface area contributed by atoms with Gasteiger partial charge in [-0.3, -0.25) is 25.0 Å². The van der Waals surface area contributed by atoms with Gasteiger partial charge in [-0.05, 0) is 50.7 Å². The summed E-state index contributed by atoms with van der Waals surface area (Å²) in [4.78, 5) is 32.3. The smallest absolute Gasteiger partial charge is 0.317 e. The van der Waals surface area contributed by atoms with E-state index < -0.39 is 21.6 Å². The number of carbonyl (C=O) groups is 1. The summed E-state index contributed by atoms with van der Waals surface area (Å²) in [5, 5.41) is 22.4. The molecule has 1 atom stereocenters. The van der Waals surface area contributed by atoms with E-state index >= 15 is 0 Å². The first kappa shape index (κ1) is 28.8. The van der Waals surface area contributed by atoms with Crippen molar-refractivity contribution < 1.29 is 24.1 Å². The van der Waals surface area contributed by atoms with Crippen LogP contribution in [0.2, 0.25) is 0 Å². The van der Waals surface area contributed by atoms with Crippen LogP contribution in [0.5, 0.6) is 5.75 Å². The summed E-state index contributed by atoms with van der Waals surface area (Å²) < 4.78 is 10.5. The molecular formula is C25H36N2O7. The molecule has 0 aliphatic heterocycles. The monoisotopic (exact) mass is 476 g/mol. The molecule has 0 fully saturated rings. The summed E-state index contributed by atoms with van der Waals surface area (Å²) >= 11 is 0. The van der Waals surface area contributed by atoms with Crippen LogP contribution in [0, 0.1) is 20.2 Å². The van der Waals surface area contributed by atoms with Crippen LogP contribution in [-0.2, 0) is 9.53 Å². The first-order chi connectivity index (χ1) is 16.4. The highest BCUT2D eigenvalue weighted by Gasteiger charge is 2.22. The van der Waals surface area contributed by atoms with E-state index in [0.29, 0.717) is 12.8 Å². The molecule has 0 N–H and O–H groups in total. The van der Waals surface area contributed by atoms with E-state index in [4.69, 9.17) is 4.74 Å². The Morgan fingerprint density at radius 1 is 1.00 bits per heavy atom. The zero-order valence-corrected chi connectivity index (χ0v) is 20.1. The van der Waals surface area contributed by atoms with Gasteiger partial charge in [0.25, 0.3) is 5.69 Å². The van der Waals surface area contributed by atoms with Gasteiger partial charge in [0.05, 0.1) is 23.0 Å². The lowest BCUT2D eigenvalue weighted by Gasteiger charge is -2.16. The number of hydrogen-bond donors (Lipinski definition) is 0. The molecule has 9 heteroatoms. The summed E-state index contributed by atoms with van der Waals surface area (Å²) in [5.41, 5.74) is -0.786. The minimum atomic E-state index is -0.672. The predicted molar refractivity (Wildman–Crippen MR) is 131 cm³/mol. The van der Waals surface area contributed by atoms with Crippen molar-refractivity contribution in [3.63, 3.8) is 0 Å². The highest BCUT2D eigenvalue weighted by Crippen LogP contribution is 2.32. The third-order valence-electron chi connectivity index (χ3n) is 5.24.